The van der Waals surface area contributed by atoms with Crippen molar-refractivity contribution >= 4 is 5.91 Å². The van der Waals surface area contributed by atoms with Crippen molar-refractivity contribution in [3.05, 3.63) is 59.2 Å². The highest BCUT2D eigenvalue weighted by Crippen LogP contribution is 2.28. The number of carbonyl (C=O) groups is 1. The van der Waals surface area contributed by atoms with Crippen LogP contribution in [0.4, 0.5) is 0 Å². The number of hydrogen-bond acceptors (Lipinski definition) is 4. The maximum atomic E-state index is 12.8. The summed E-state index contributed by atoms with van der Waals surface area (Å²) in [6.07, 6.45) is 10.4. The molecule has 5 heteroatoms. The first-order valence-electron chi connectivity index (χ1n) is 10.2. The third-order valence-corrected chi connectivity index (χ3v) is 4.73. The molecule has 0 aliphatic rings. The molecule has 0 bridgehead atoms. The van der Waals surface area contributed by atoms with Crippen molar-refractivity contribution in [1.29, 1.82) is 0 Å². The zero-order valence-electron chi connectivity index (χ0n) is 18.3. The van der Waals surface area contributed by atoms with Crippen LogP contribution < -0.4 is 14.8 Å². The van der Waals surface area contributed by atoms with Gasteiger partial charge in [-0.05, 0) is 41.2 Å². The van der Waals surface area contributed by atoms with Gasteiger partial charge in [-0.15, -0.1) is 12.8 Å². The van der Waals surface area contributed by atoms with Gasteiger partial charge >= 0.3 is 0 Å². The van der Waals surface area contributed by atoms with Crippen LogP contribution in [0.3, 0.4) is 0 Å². The van der Waals surface area contributed by atoms with E-state index in [1.54, 1.807) is 7.11 Å². The summed E-state index contributed by atoms with van der Waals surface area (Å²) in [4.78, 5) is 12.8. The van der Waals surface area contributed by atoms with E-state index in [-0.39, 0.29) is 19.1 Å². The van der Waals surface area contributed by atoms with E-state index in [1.165, 1.54) is 5.56 Å². The standard InChI is InChI=1S/C26H29NO4/c1-6-16-30-23-13-8-20(18-24(23)29-5)14-15-27-26(28)25(31-17-7-2)22-11-9-21(10-12-22)19(3)4/h1-2,8-13,18-19,25H,14-17H2,3-5H3,(H,27,28). The smallest absolute Gasteiger partial charge is 0.253 e. The second-order valence-electron chi connectivity index (χ2n) is 7.24. The van der Waals surface area contributed by atoms with Crippen LogP contribution in [0.2, 0.25) is 0 Å². The Balaban J connectivity index is 2.01. The van der Waals surface area contributed by atoms with Crippen LogP contribution in [0, 0.1) is 24.7 Å². The predicted octanol–water partition coefficient (Wildman–Crippen LogP) is 3.88. The lowest BCUT2D eigenvalue weighted by Crippen LogP contribution is -2.32. The number of rotatable bonds is 11. The average Bonchev–Trinajstić information content (AvgIpc) is 2.78. The number of benzene rings is 2. The summed E-state index contributed by atoms with van der Waals surface area (Å²) in [5, 5.41) is 2.93. The highest BCUT2D eigenvalue weighted by molar-refractivity contribution is 5.82. The van der Waals surface area contributed by atoms with Crippen molar-refractivity contribution in [1.82, 2.24) is 5.32 Å². The topological polar surface area (TPSA) is 56.8 Å². The van der Waals surface area contributed by atoms with E-state index < -0.39 is 6.10 Å². The molecule has 2 aromatic carbocycles. The maximum Gasteiger partial charge on any atom is 0.253 e. The Kier molecular flexibility index (Phi) is 9.49. The van der Waals surface area contributed by atoms with Crippen molar-refractivity contribution in [3.63, 3.8) is 0 Å². The van der Waals surface area contributed by atoms with E-state index in [0.29, 0.717) is 30.4 Å². The van der Waals surface area contributed by atoms with Gasteiger partial charge < -0.3 is 19.5 Å². The lowest BCUT2D eigenvalue weighted by molar-refractivity contribution is -0.132. The number of methoxy groups -OCH3 is 1. The summed E-state index contributed by atoms with van der Waals surface area (Å²) in [5.74, 6) is 6.22. The molecule has 5 nitrogen and oxygen atoms in total. The molecule has 2 rings (SSSR count). The number of nitrogens with one attached hydrogen (secondary N) is 1. The maximum absolute atomic E-state index is 12.8. The van der Waals surface area contributed by atoms with Crippen molar-refractivity contribution in [2.24, 2.45) is 0 Å². The van der Waals surface area contributed by atoms with Crippen molar-refractivity contribution in [3.8, 4) is 36.2 Å². The minimum atomic E-state index is -0.758. The Morgan fingerprint density at radius 3 is 2.29 bits per heavy atom. The fraction of sp³-hybridized carbons (Fsp3) is 0.346. The number of terminal acetylenes is 2. The summed E-state index contributed by atoms with van der Waals surface area (Å²) >= 11 is 0. The Morgan fingerprint density at radius 1 is 1.00 bits per heavy atom. The molecule has 0 fully saturated rings. The van der Waals surface area contributed by atoms with Crippen LogP contribution in [-0.4, -0.2) is 32.8 Å². The third kappa shape index (κ3) is 7.10. The highest BCUT2D eigenvalue weighted by atomic mass is 16.5. The highest BCUT2D eigenvalue weighted by Gasteiger charge is 2.21. The average molecular weight is 420 g/mol. The molecular formula is C26H29NO4. The lowest BCUT2D eigenvalue weighted by atomic mass is 9.99. The van der Waals surface area contributed by atoms with Gasteiger partial charge in [0.1, 0.15) is 13.2 Å². The first kappa shape index (κ1) is 23.9. The van der Waals surface area contributed by atoms with Crippen molar-refractivity contribution in [2.75, 3.05) is 26.9 Å². The molecule has 0 saturated carbocycles. The summed E-state index contributed by atoms with van der Waals surface area (Å²) in [6.45, 7) is 4.91. The van der Waals surface area contributed by atoms with Crippen LogP contribution in [-0.2, 0) is 16.0 Å². The first-order chi connectivity index (χ1) is 15.0. The fourth-order valence-corrected chi connectivity index (χ4v) is 3.04. The zero-order chi connectivity index (χ0) is 22.6. The number of hydrogen-bond donors (Lipinski definition) is 1. The fourth-order valence-electron chi connectivity index (χ4n) is 3.04. The summed E-state index contributed by atoms with van der Waals surface area (Å²) in [5.41, 5.74) is 2.96. The largest absolute Gasteiger partial charge is 0.493 e. The molecule has 0 aliphatic carbocycles. The van der Waals surface area contributed by atoms with E-state index in [4.69, 9.17) is 27.1 Å². The van der Waals surface area contributed by atoms with Gasteiger partial charge in [-0.3, -0.25) is 4.79 Å². The van der Waals surface area contributed by atoms with Gasteiger partial charge in [-0.25, -0.2) is 0 Å². The second kappa shape index (κ2) is 12.3. The normalized spacial score (nSPS) is 11.3. The molecular weight excluding hydrogens is 390 g/mol. The molecule has 0 radical (unpaired) electrons. The number of carbonyl (C=O) groups excluding carboxylic acids is 1. The molecule has 162 valence electrons. The van der Waals surface area contributed by atoms with E-state index in [2.05, 4.69) is 31.0 Å². The minimum absolute atomic E-state index is 0.0559. The monoisotopic (exact) mass is 419 g/mol. The van der Waals surface area contributed by atoms with Gasteiger partial charge in [-0.2, -0.15) is 0 Å². The summed E-state index contributed by atoms with van der Waals surface area (Å²) < 4.78 is 16.4. The van der Waals surface area contributed by atoms with Crippen LogP contribution in [0.25, 0.3) is 0 Å². The molecule has 0 aliphatic heterocycles. The minimum Gasteiger partial charge on any atom is -0.493 e. The number of ether oxygens (including phenoxy) is 3. The van der Waals surface area contributed by atoms with E-state index >= 15 is 0 Å². The van der Waals surface area contributed by atoms with Gasteiger partial charge in [0.2, 0.25) is 0 Å². The molecule has 2 aromatic rings. The van der Waals surface area contributed by atoms with Gasteiger partial charge in [0.15, 0.2) is 17.6 Å². The Hall–Kier alpha value is -3.41. The first-order valence-corrected chi connectivity index (χ1v) is 10.2. The Bertz CT molecular complexity index is 935. The second-order valence-corrected chi connectivity index (χ2v) is 7.24. The molecule has 1 amide bonds. The van der Waals surface area contributed by atoms with Crippen LogP contribution >= 0.6 is 0 Å². The van der Waals surface area contributed by atoms with Gasteiger partial charge in [0.25, 0.3) is 5.91 Å². The van der Waals surface area contributed by atoms with Crippen LogP contribution in [0.15, 0.2) is 42.5 Å². The molecule has 0 aromatic heterocycles. The molecule has 1 unspecified atom stereocenters. The molecule has 0 saturated heterocycles. The lowest BCUT2D eigenvalue weighted by Gasteiger charge is -2.18. The quantitative estimate of drug-likeness (QED) is 0.562. The van der Waals surface area contributed by atoms with E-state index in [0.717, 1.165) is 11.1 Å². The van der Waals surface area contributed by atoms with Crippen LogP contribution in [0.1, 0.15) is 42.6 Å². The zero-order valence-corrected chi connectivity index (χ0v) is 18.3. The van der Waals surface area contributed by atoms with Gasteiger partial charge in [0.05, 0.1) is 7.11 Å². The van der Waals surface area contributed by atoms with Crippen molar-refractivity contribution < 1.29 is 19.0 Å². The SMILES string of the molecule is C#CCOc1ccc(CCNC(=O)C(OCC#C)c2ccc(C(C)C)cc2)cc1OC. The molecule has 0 heterocycles. The van der Waals surface area contributed by atoms with Gasteiger partial charge in [0, 0.05) is 6.54 Å². The summed E-state index contributed by atoms with van der Waals surface area (Å²) in [7, 11) is 1.57. The predicted molar refractivity (Wildman–Crippen MR) is 122 cm³/mol. The van der Waals surface area contributed by atoms with E-state index in [9.17, 15) is 4.79 Å². The Labute approximate surface area is 185 Å². The molecule has 31 heavy (non-hydrogen) atoms. The number of amides is 1. The van der Waals surface area contributed by atoms with Gasteiger partial charge in [-0.1, -0.05) is 56.0 Å². The van der Waals surface area contributed by atoms with Crippen molar-refractivity contribution in [2.45, 2.75) is 32.3 Å². The summed E-state index contributed by atoms with van der Waals surface area (Å²) in [6, 6.07) is 13.4. The molecule has 1 atom stereocenters. The molecule has 0 spiro atoms. The van der Waals surface area contributed by atoms with Crippen LogP contribution in [0.5, 0.6) is 11.5 Å². The molecule has 1 N–H and O–H groups in total. The van der Waals surface area contributed by atoms with E-state index in [1.807, 2.05) is 42.5 Å². The Morgan fingerprint density at radius 2 is 1.68 bits per heavy atom. The third-order valence-electron chi connectivity index (χ3n) is 4.73.